The molecule has 1 fully saturated rings. The molecule has 2 amide bonds. The van der Waals surface area contributed by atoms with Crippen molar-refractivity contribution in [2.75, 3.05) is 39.2 Å². The van der Waals surface area contributed by atoms with Gasteiger partial charge in [-0.05, 0) is 30.7 Å². The van der Waals surface area contributed by atoms with Crippen LogP contribution < -0.4 is 15.7 Å². The normalized spacial score (nSPS) is 16.2. The third kappa shape index (κ3) is 3.76. The number of anilines is 1. The summed E-state index contributed by atoms with van der Waals surface area (Å²) >= 11 is 0. The number of nitrogens with one attached hydrogen (secondary N) is 1. The Morgan fingerprint density at radius 2 is 2.13 bits per heavy atom. The number of imidazole rings is 1. The number of likely N-dealkylation sites (tertiary alicyclic amines) is 1. The zero-order chi connectivity index (χ0) is 21.1. The number of carbonyl (C=O) groups excluding carboxylic acids is 1. The smallest absolute Gasteiger partial charge is 0.330 e. The molecule has 0 unspecified atom stereocenters. The van der Waals surface area contributed by atoms with Crippen LogP contribution in [0.5, 0.6) is 5.75 Å². The van der Waals surface area contributed by atoms with E-state index in [0.717, 1.165) is 5.52 Å². The molecule has 1 aromatic carbocycles. The van der Waals surface area contributed by atoms with E-state index in [4.69, 9.17) is 9.47 Å². The van der Waals surface area contributed by atoms with Gasteiger partial charge in [0, 0.05) is 38.1 Å². The predicted octanol–water partition coefficient (Wildman–Crippen LogP) is 2.33. The Hall–Kier alpha value is -3.33. The molecule has 0 spiro atoms. The SMILES string of the molecule is COCCn1c(=O)n([C@@H]2CCN(C(=O)Nc3cccc(OC)c3)C2)c2ncccc21. The molecule has 158 valence electrons. The first-order chi connectivity index (χ1) is 14.6. The predicted molar refractivity (Wildman–Crippen MR) is 113 cm³/mol. The molecule has 0 bridgehead atoms. The summed E-state index contributed by atoms with van der Waals surface area (Å²) in [6, 6.07) is 10.6. The van der Waals surface area contributed by atoms with Gasteiger partial charge in [0.2, 0.25) is 0 Å². The number of rotatable bonds is 6. The van der Waals surface area contributed by atoms with Crippen molar-refractivity contribution in [1.29, 1.82) is 0 Å². The topological polar surface area (TPSA) is 90.6 Å². The zero-order valence-corrected chi connectivity index (χ0v) is 17.1. The molecule has 1 aliphatic heterocycles. The van der Waals surface area contributed by atoms with Crippen molar-refractivity contribution in [3.63, 3.8) is 0 Å². The lowest BCUT2D eigenvalue weighted by Crippen LogP contribution is -2.35. The zero-order valence-electron chi connectivity index (χ0n) is 17.1. The number of urea groups is 1. The second kappa shape index (κ2) is 8.58. The average Bonchev–Trinajstić information content (AvgIpc) is 3.35. The van der Waals surface area contributed by atoms with E-state index in [-0.39, 0.29) is 17.8 Å². The van der Waals surface area contributed by atoms with Crippen molar-refractivity contribution in [2.45, 2.75) is 19.0 Å². The highest BCUT2D eigenvalue weighted by molar-refractivity contribution is 5.89. The highest BCUT2D eigenvalue weighted by Gasteiger charge is 2.31. The average molecular weight is 411 g/mol. The summed E-state index contributed by atoms with van der Waals surface area (Å²) < 4.78 is 13.7. The minimum absolute atomic E-state index is 0.124. The van der Waals surface area contributed by atoms with Gasteiger partial charge in [-0.15, -0.1) is 0 Å². The van der Waals surface area contributed by atoms with Gasteiger partial charge in [-0.25, -0.2) is 14.6 Å². The summed E-state index contributed by atoms with van der Waals surface area (Å²) in [5, 5.41) is 2.90. The number of nitrogens with zero attached hydrogens (tertiary/aromatic N) is 4. The van der Waals surface area contributed by atoms with Gasteiger partial charge in [0.25, 0.3) is 0 Å². The Kier molecular flexibility index (Phi) is 5.71. The lowest BCUT2D eigenvalue weighted by Gasteiger charge is -2.18. The van der Waals surface area contributed by atoms with E-state index in [9.17, 15) is 9.59 Å². The molecule has 2 aromatic heterocycles. The van der Waals surface area contributed by atoms with Crippen molar-refractivity contribution >= 4 is 22.9 Å². The maximum Gasteiger partial charge on any atom is 0.330 e. The van der Waals surface area contributed by atoms with Crippen LogP contribution in [-0.4, -0.2) is 59.0 Å². The molecule has 1 atom stereocenters. The Morgan fingerprint density at radius 3 is 2.93 bits per heavy atom. The summed E-state index contributed by atoms with van der Waals surface area (Å²) in [5.41, 5.74) is 1.95. The Balaban J connectivity index is 1.54. The van der Waals surface area contributed by atoms with Crippen molar-refractivity contribution in [1.82, 2.24) is 19.0 Å². The molecule has 30 heavy (non-hydrogen) atoms. The van der Waals surface area contributed by atoms with Gasteiger partial charge in [-0.3, -0.25) is 9.13 Å². The molecule has 1 aliphatic rings. The van der Waals surface area contributed by atoms with Gasteiger partial charge in [-0.2, -0.15) is 0 Å². The van der Waals surface area contributed by atoms with E-state index >= 15 is 0 Å². The van der Waals surface area contributed by atoms with Crippen molar-refractivity contribution < 1.29 is 14.3 Å². The first kappa shape index (κ1) is 20.0. The third-order valence-corrected chi connectivity index (χ3v) is 5.38. The summed E-state index contributed by atoms with van der Waals surface area (Å²) in [6.45, 7) is 1.89. The van der Waals surface area contributed by atoms with Crippen LogP contribution in [0.1, 0.15) is 12.5 Å². The van der Waals surface area contributed by atoms with Crippen LogP contribution in [0.25, 0.3) is 11.2 Å². The van der Waals surface area contributed by atoms with E-state index in [0.29, 0.717) is 49.7 Å². The largest absolute Gasteiger partial charge is 0.497 e. The molecule has 3 aromatic rings. The van der Waals surface area contributed by atoms with E-state index in [2.05, 4.69) is 10.3 Å². The first-order valence-corrected chi connectivity index (χ1v) is 9.87. The number of aromatic nitrogens is 3. The number of hydrogen-bond donors (Lipinski definition) is 1. The fraction of sp³-hybridized carbons (Fsp3) is 0.381. The summed E-state index contributed by atoms with van der Waals surface area (Å²) in [4.78, 5) is 32.0. The summed E-state index contributed by atoms with van der Waals surface area (Å²) in [6.07, 6.45) is 2.37. The first-order valence-electron chi connectivity index (χ1n) is 9.87. The van der Waals surface area contributed by atoms with E-state index < -0.39 is 0 Å². The third-order valence-electron chi connectivity index (χ3n) is 5.38. The molecule has 0 aliphatic carbocycles. The summed E-state index contributed by atoms with van der Waals surface area (Å²) in [5.74, 6) is 0.675. The molecule has 9 nitrogen and oxygen atoms in total. The molecule has 3 heterocycles. The maximum absolute atomic E-state index is 13.1. The van der Waals surface area contributed by atoms with Gasteiger partial charge in [0.1, 0.15) is 5.75 Å². The maximum atomic E-state index is 13.1. The second-order valence-corrected chi connectivity index (χ2v) is 7.19. The Morgan fingerprint density at radius 1 is 1.27 bits per heavy atom. The van der Waals surface area contributed by atoms with Crippen LogP contribution in [0.15, 0.2) is 47.4 Å². The van der Waals surface area contributed by atoms with Crippen molar-refractivity contribution in [3.05, 3.63) is 53.1 Å². The minimum Gasteiger partial charge on any atom is -0.497 e. The molecule has 0 saturated carbocycles. The number of methoxy groups -OCH3 is 2. The standard InChI is InChI=1S/C21H25N5O4/c1-29-12-11-25-18-7-4-9-22-19(18)26(21(25)28)16-8-10-24(14-16)20(27)23-15-5-3-6-17(13-15)30-2/h3-7,9,13,16H,8,10-12,14H2,1-2H3,(H,23,27)/t16-/m1/s1. The minimum atomic E-state index is -0.199. The van der Waals surface area contributed by atoms with E-state index in [1.807, 2.05) is 30.3 Å². The quantitative estimate of drug-likeness (QED) is 0.672. The van der Waals surface area contributed by atoms with Crippen LogP contribution in [0, 0.1) is 0 Å². The second-order valence-electron chi connectivity index (χ2n) is 7.19. The number of ether oxygens (including phenoxy) is 2. The van der Waals surface area contributed by atoms with Gasteiger partial charge in [0.15, 0.2) is 5.65 Å². The molecule has 1 saturated heterocycles. The molecular formula is C21H25N5O4. The van der Waals surface area contributed by atoms with E-state index in [1.165, 1.54) is 0 Å². The molecule has 0 radical (unpaired) electrons. The van der Waals surface area contributed by atoms with Gasteiger partial charge in [0.05, 0.1) is 31.8 Å². The fourth-order valence-corrected chi connectivity index (χ4v) is 3.88. The lowest BCUT2D eigenvalue weighted by molar-refractivity contribution is 0.187. The highest BCUT2D eigenvalue weighted by atomic mass is 16.5. The highest BCUT2D eigenvalue weighted by Crippen LogP contribution is 2.25. The van der Waals surface area contributed by atoms with Crippen LogP contribution in [-0.2, 0) is 11.3 Å². The monoisotopic (exact) mass is 411 g/mol. The van der Waals surface area contributed by atoms with Crippen molar-refractivity contribution in [2.24, 2.45) is 0 Å². The molecule has 9 heteroatoms. The lowest BCUT2D eigenvalue weighted by atomic mass is 10.2. The van der Waals surface area contributed by atoms with Gasteiger partial charge >= 0.3 is 11.7 Å². The number of fused-ring (bicyclic) bond motifs is 1. The van der Waals surface area contributed by atoms with Crippen LogP contribution in [0.3, 0.4) is 0 Å². The van der Waals surface area contributed by atoms with E-state index in [1.54, 1.807) is 40.5 Å². The molecular weight excluding hydrogens is 386 g/mol. The van der Waals surface area contributed by atoms with Crippen molar-refractivity contribution in [3.8, 4) is 5.75 Å². The van der Waals surface area contributed by atoms with Gasteiger partial charge < -0.3 is 19.7 Å². The number of hydrogen-bond acceptors (Lipinski definition) is 5. The van der Waals surface area contributed by atoms with Crippen LogP contribution in [0.4, 0.5) is 10.5 Å². The molecule has 4 rings (SSSR count). The van der Waals surface area contributed by atoms with Crippen LogP contribution >= 0.6 is 0 Å². The number of amides is 2. The summed E-state index contributed by atoms with van der Waals surface area (Å²) in [7, 11) is 3.19. The number of benzene rings is 1. The Labute approximate surface area is 173 Å². The number of carbonyl (C=O) groups is 1. The number of pyridine rings is 1. The fourth-order valence-electron chi connectivity index (χ4n) is 3.88. The Bertz CT molecular complexity index is 1110. The molecule has 1 N–H and O–H groups in total. The van der Waals surface area contributed by atoms with Gasteiger partial charge in [-0.1, -0.05) is 6.07 Å². The van der Waals surface area contributed by atoms with Crippen LogP contribution in [0.2, 0.25) is 0 Å².